The molecule has 7 nitrogen and oxygen atoms in total. The van der Waals surface area contributed by atoms with Crippen LogP contribution in [0.5, 0.6) is 0 Å². The first-order chi connectivity index (χ1) is 16.4. The summed E-state index contributed by atoms with van der Waals surface area (Å²) in [5.74, 6) is -3.23. The molecule has 2 atom stereocenters. The summed E-state index contributed by atoms with van der Waals surface area (Å²) < 4.78 is 0. The van der Waals surface area contributed by atoms with Crippen molar-refractivity contribution < 1.29 is 19.5 Å². The summed E-state index contributed by atoms with van der Waals surface area (Å²) in [4.78, 5) is 40.3. The van der Waals surface area contributed by atoms with Gasteiger partial charge in [0.05, 0.1) is 11.6 Å². The van der Waals surface area contributed by atoms with Crippen LogP contribution in [0.25, 0.3) is 0 Å². The molecule has 0 bridgehead atoms. The number of amides is 2. The predicted octanol–water partition coefficient (Wildman–Crippen LogP) is 3.53. The van der Waals surface area contributed by atoms with Gasteiger partial charge in [0.25, 0.3) is 0 Å². The molecule has 0 saturated heterocycles. The molecule has 0 heterocycles. The molecule has 0 spiro atoms. The Morgan fingerprint density at radius 1 is 1.03 bits per heavy atom. The zero-order valence-electron chi connectivity index (χ0n) is 19.4. The monoisotopic (exact) mass is 461 g/mol. The molecule has 0 radical (unpaired) electrons. The van der Waals surface area contributed by atoms with Gasteiger partial charge in [-0.3, -0.25) is 9.59 Å². The highest BCUT2D eigenvalue weighted by Gasteiger charge is 2.36. The Bertz CT molecular complexity index is 1020. The predicted molar refractivity (Wildman–Crippen MR) is 127 cm³/mol. The molecule has 1 unspecified atom stereocenters. The van der Waals surface area contributed by atoms with Gasteiger partial charge in [0.2, 0.25) is 11.8 Å². The van der Waals surface area contributed by atoms with Gasteiger partial charge in [0, 0.05) is 13.6 Å². The Kier molecular flexibility index (Phi) is 8.80. The maximum atomic E-state index is 13.4. The van der Waals surface area contributed by atoms with Crippen LogP contribution in [-0.2, 0) is 27.3 Å². The van der Waals surface area contributed by atoms with Crippen LogP contribution in [-0.4, -0.2) is 40.9 Å². The minimum absolute atomic E-state index is 0.118. The molecule has 2 aromatic carbocycles. The SMILES string of the molecule is CN(Cc1ccccc1)C(=O)C(Cc1ccc(C#N)cc1)C(=O)N[C@H](C(=O)O)C1CCCCC1. The average Bonchev–Trinajstić information content (AvgIpc) is 2.86. The van der Waals surface area contributed by atoms with E-state index in [0.717, 1.165) is 43.2 Å². The van der Waals surface area contributed by atoms with Crippen LogP contribution < -0.4 is 5.32 Å². The van der Waals surface area contributed by atoms with Gasteiger partial charge in [-0.15, -0.1) is 0 Å². The van der Waals surface area contributed by atoms with Crippen molar-refractivity contribution in [2.75, 3.05) is 7.05 Å². The Labute approximate surface area is 200 Å². The Hall–Kier alpha value is -3.66. The number of hydrogen-bond donors (Lipinski definition) is 2. The van der Waals surface area contributed by atoms with Gasteiger partial charge in [-0.25, -0.2) is 4.79 Å². The lowest BCUT2D eigenvalue weighted by molar-refractivity contribution is -0.148. The highest BCUT2D eigenvalue weighted by molar-refractivity contribution is 6.01. The van der Waals surface area contributed by atoms with Gasteiger partial charge in [0.1, 0.15) is 12.0 Å². The van der Waals surface area contributed by atoms with Crippen molar-refractivity contribution in [2.24, 2.45) is 11.8 Å². The Morgan fingerprint density at radius 2 is 1.68 bits per heavy atom. The summed E-state index contributed by atoms with van der Waals surface area (Å²) in [5.41, 5.74) is 2.15. The molecule has 2 amide bonds. The van der Waals surface area contributed by atoms with E-state index in [9.17, 15) is 19.5 Å². The van der Waals surface area contributed by atoms with Gasteiger partial charge < -0.3 is 15.3 Å². The molecule has 3 rings (SSSR count). The summed E-state index contributed by atoms with van der Waals surface area (Å²) >= 11 is 0. The number of carboxylic acids is 1. The highest BCUT2D eigenvalue weighted by atomic mass is 16.4. The maximum absolute atomic E-state index is 13.4. The minimum atomic E-state index is -1.08. The van der Waals surface area contributed by atoms with E-state index < -0.39 is 23.8 Å². The zero-order chi connectivity index (χ0) is 24.5. The first kappa shape index (κ1) is 25.0. The fourth-order valence-electron chi connectivity index (χ4n) is 4.55. The third kappa shape index (κ3) is 6.67. The van der Waals surface area contributed by atoms with E-state index in [-0.39, 0.29) is 18.2 Å². The molecule has 34 heavy (non-hydrogen) atoms. The maximum Gasteiger partial charge on any atom is 0.326 e. The third-order valence-corrected chi connectivity index (χ3v) is 6.46. The minimum Gasteiger partial charge on any atom is -0.480 e. The van der Waals surface area contributed by atoms with Crippen LogP contribution >= 0.6 is 0 Å². The second-order valence-electron chi connectivity index (χ2n) is 8.97. The molecular weight excluding hydrogens is 430 g/mol. The van der Waals surface area contributed by atoms with Gasteiger partial charge in [0.15, 0.2) is 0 Å². The number of carbonyl (C=O) groups is 3. The van der Waals surface area contributed by atoms with Gasteiger partial charge in [-0.1, -0.05) is 61.7 Å². The van der Waals surface area contributed by atoms with Crippen LogP contribution in [0, 0.1) is 23.2 Å². The largest absolute Gasteiger partial charge is 0.480 e. The first-order valence-electron chi connectivity index (χ1n) is 11.7. The average molecular weight is 462 g/mol. The molecule has 2 N–H and O–H groups in total. The number of carbonyl (C=O) groups excluding carboxylic acids is 2. The van der Waals surface area contributed by atoms with Crippen LogP contribution in [0.3, 0.4) is 0 Å². The van der Waals surface area contributed by atoms with Gasteiger partial charge in [-0.2, -0.15) is 5.26 Å². The molecule has 0 aromatic heterocycles. The summed E-state index contributed by atoms with van der Waals surface area (Å²) in [7, 11) is 1.64. The van der Waals surface area contributed by atoms with Gasteiger partial charge >= 0.3 is 5.97 Å². The van der Waals surface area contributed by atoms with Crippen LogP contribution in [0.15, 0.2) is 54.6 Å². The van der Waals surface area contributed by atoms with E-state index in [4.69, 9.17) is 5.26 Å². The van der Waals surface area contributed by atoms with Crippen LogP contribution in [0.2, 0.25) is 0 Å². The van der Waals surface area contributed by atoms with Crippen molar-refractivity contribution in [3.05, 3.63) is 71.3 Å². The number of nitrogens with one attached hydrogen (secondary N) is 1. The van der Waals surface area contributed by atoms with E-state index in [1.54, 1.807) is 31.3 Å². The van der Waals surface area contributed by atoms with Crippen molar-refractivity contribution in [1.82, 2.24) is 10.2 Å². The summed E-state index contributed by atoms with van der Waals surface area (Å²) in [6.07, 6.45) is 4.57. The normalized spacial score (nSPS) is 15.5. The quantitative estimate of drug-likeness (QED) is 0.555. The van der Waals surface area contributed by atoms with Crippen molar-refractivity contribution in [3.63, 3.8) is 0 Å². The van der Waals surface area contributed by atoms with E-state index in [1.165, 1.54) is 4.90 Å². The number of nitrogens with zero attached hydrogens (tertiary/aromatic N) is 2. The Balaban J connectivity index is 1.81. The van der Waals surface area contributed by atoms with Crippen molar-refractivity contribution >= 4 is 17.8 Å². The van der Waals surface area contributed by atoms with E-state index in [2.05, 4.69) is 11.4 Å². The lowest BCUT2D eigenvalue weighted by Crippen LogP contribution is -2.51. The Morgan fingerprint density at radius 3 is 2.26 bits per heavy atom. The molecule has 178 valence electrons. The molecule has 1 saturated carbocycles. The summed E-state index contributed by atoms with van der Waals surface area (Å²) in [6, 6.07) is 17.2. The lowest BCUT2D eigenvalue weighted by atomic mass is 9.83. The number of nitriles is 1. The second kappa shape index (κ2) is 12.0. The van der Waals surface area contributed by atoms with E-state index in [1.807, 2.05) is 30.3 Å². The molecule has 1 aliphatic rings. The second-order valence-corrected chi connectivity index (χ2v) is 8.97. The number of carboxylic acid groups (broad SMARTS) is 1. The molecule has 0 aliphatic heterocycles. The van der Waals surface area contributed by atoms with Crippen molar-refractivity contribution in [2.45, 2.75) is 51.1 Å². The number of hydrogen-bond acceptors (Lipinski definition) is 4. The zero-order valence-corrected chi connectivity index (χ0v) is 19.4. The number of benzene rings is 2. The highest BCUT2D eigenvalue weighted by Crippen LogP contribution is 2.27. The molecular formula is C27H31N3O4. The van der Waals surface area contributed by atoms with Crippen LogP contribution in [0.1, 0.15) is 48.8 Å². The van der Waals surface area contributed by atoms with Crippen molar-refractivity contribution in [1.29, 1.82) is 5.26 Å². The van der Waals surface area contributed by atoms with E-state index in [0.29, 0.717) is 12.1 Å². The standard InChI is InChI=1S/C27H31N3O4/c1-30(18-21-8-4-2-5-9-21)26(32)23(16-19-12-14-20(17-28)15-13-19)25(31)29-24(27(33)34)22-10-6-3-7-11-22/h2,4-5,8-9,12-15,22-24H,3,6-7,10-11,16,18H2,1H3,(H,29,31)(H,33,34)/t23?,24-/m0/s1. The number of aliphatic carboxylic acids is 1. The smallest absolute Gasteiger partial charge is 0.326 e. The topological polar surface area (TPSA) is 111 Å². The molecule has 2 aromatic rings. The first-order valence-corrected chi connectivity index (χ1v) is 11.7. The lowest BCUT2D eigenvalue weighted by Gasteiger charge is -2.30. The van der Waals surface area contributed by atoms with E-state index >= 15 is 0 Å². The third-order valence-electron chi connectivity index (χ3n) is 6.46. The summed E-state index contributed by atoms with van der Waals surface area (Å²) in [5, 5.41) is 21.5. The van der Waals surface area contributed by atoms with Gasteiger partial charge in [-0.05, 0) is 48.4 Å². The van der Waals surface area contributed by atoms with Crippen molar-refractivity contribution in [3.8, 4) is 6.07 Å². The fraction of sp³-hybridized carbons (Fsp3) is 0.407. The van der Waals surface area contributed by atoms with Crippen LogP contribution in [0.4, 0.5) is 0 Å². The number of rotatable bonds is 9. The fourth-order valence-corrected chi connectivity index (χ4v) is 4.55. The summed E-state index contributed by atoms with van der Waals surface area (Å²) in [6.45, 7) is 0.335. The molecule has 1 fully saturated rings. The molecule has 1 aliphatic carbocycles. The molecule has 7 heteroatoms.